The van der Waals surface area contributed by atoms with Gasteiger partial charge < -0.3 is 24.8 Å². The number of rotatable bonds is 8. The zero-order chi connectivity index (χ0) is 19.8. The molecule has 0 aliphatic carbocycles. The van der Waals surface area contributed by atoms with E-state index in [1.807, 2.05) is 13.0 Å². The Labute approximate surface area is 157 Å². The van der Waals surface area contributed by atoms with Crippen molar-refractivity contribution in [1.82, 2.24) is 10.6 Å². The molecule has 0 bridgehead atoms. The van der Waals surface area contributed by atoms with Crippen LogP contribution in [0.25, 0.3) is 0 Å². The van der Waals surface area contributed by atoms with Gasteiger partial charge in [-0.3, -0.25) is 0 Å². The Hall–Kier alpha value is -2.87. The van der Waals surface area contributed by atoms with E-state index in [-0.39, 0.29) is 24.5 Å². The molecule has 1 heterocycles. The Bertz CT molecular complexity index is 743. The lowest BCUT2D eigenvalue weighted by atomic mass is 10.0. The summed E-state index contributed by atoms with van der Waals surface area (Å²) in [5.74, 6) is -1.12. The molecule has 1 aromatic carbocycles. The predicted molar refractivity (Wildman–Crippen MR) is 96.8 cm³/mol. The average Bonchev–Trinajstić information content (AvgIpc) is 2.66. The highest BCUT2D eigenvalue weighted by Crippen LogP contribution is 2.18. The second-order valence-electron chi connectivity index (χ2n) is 5.88. The van der Waals surface area contributed by atoms with Gasteiger partial charge in [0.25, 0.3) is 0 Å². The Morgan fingerprint density at radius 3 is 2.56 bits per heavy atom. The maximum atomic E-state index is 12.3. The third-order valence-corrected chi connectivity index (χ3v) is 3.97. The van der Waals surface area contributed by atoms with E-state index < -0.39 is 24.0 Å². The number of hydrogen-bond acceptors (Lipinski definition) is 6. The molecule has 146 valence electrons. The Kier molecular flexibility index (Phi) is 7.36. The Balaban J connectivity index is 2.18. The lowest BCUT2D eigenvalue weighted by Crippen LogP contribution is -2.51. The normalized spacial score (nSPS) is 16.4. The van der Waals surface area contributed by atoms with Crippen molar-refractivity contribution >= 4 is 18.0 Å². The van der Waals surface area contributed by atoms with Gasteiger partial charge in [-0.1, -0.05) is 19.1 Å². The van der Waals surface area contributed by atoms with Gasteiger partial charge in [0.2, 0.25) is 0 Å². The predicted octanol–water partition coefficient (Wildman–Crippen LogP) is 1.90. The molecule has 0 spiro atoms. The third kappa shape index (κ3) is 5.30. The summed E-state index contributed by atoms with van der Waals surface area (Å²) in [5, 5.41) is 5.20. The van der Waals surface area contributed by atoms with Crippen LogP contribution in [0.1, 0.15) is 36.2 Å². The first-order valence-electron chi connectivity index (χ1n) is 8.72. The minimum Gasteiger partial charge on any atom is -0.463 e. The first-order valence-corrected chi connectivity index (χ1v) is 8.72. The molecule has 8 nitrogen and oxygen atoms in total. The number of esters is 2. The first kappa shape index (κ1) is 20.4. The Morgan fingerprint density at radius 2 is 1.89 bits per heavy atom. The van der Waals surface area contributed by atoms with Crippen molar-refractivity contribution in [2.24, 2.45) is 0 Å². The minimum absolute atomic E-state index is 0.200. The van der Waals surface area contributed by atoms with Gasteiger partial charge >= 0.3 is 18.0 Å². The van der Waals surface area contributed by atoms with Gasteiger partial charge in [-0.25, -0.2) is 14.4 Å². The molecule has 1 aliphatic heterocycles. The lowest BCUT2D eigenvalue weighted by molar-refractivity contribution is -0.139. The number of methoxy groups -OCH3 is 1. The molecule has 1 unspecified atom stereocenters. The fourth-order valence-electron chi connectivity index (χ4n) is 2.75. The number of benzene rings is 1. The summed E-state index contributed by atoms with van der Waals surface area (Å²) in [5.41, 5.74) is 1.68. The van der Waals surface area contributed by atoms with Crippen molar-refractivity contribution < 1.29 is 28.6 Å². The van der Waals surface area contributed by atoms with Gasteiger partial charge in [-0.15, -0.1) is 0 Å². The summed E-state index contributed by atoms with van der Waals surface area (Å²) in [7, 11) is 1.57. The van der Waals surface area contributed by atoms with Crippen molar-refractivity contribution in [1.29, 1.82) is 0 Å². The van der Waals surface area contributed by atoms with Crippen LogP contribution >= 0.6 is 0 Å². The molecule has 0 radical (unpaired) electrons. The number of carbonyl (C=O) groups is 3. The van der Waals surface area contributed by atoms with E-state index in [1.165, 1.54) is 0 Å². The molecule has 8 heteroatoms. The van der Waals surface area contributed by atoms with Crippen LogP contribution in [0.3, 0.4) is 0 Å². The van der Waals surface area contributed by atoms with Gasteiger partial charge in [0.05, 0.1) is 36.1 Å². The molecule has 27 heavy (non-hydrogen) atoms. The van der Waals surface area contributed by atoms with E-state index >= 15 is 0 Å². The molecule has 2 rings (SSSR count). The number of carbonyl (C=O) groups excluding carboxylic acids is 3. The number of hydrogen-bond donors (Lipinski definition) is 2. The lowest BCUT2D eigenvalue weighted by Gasteiger charge is -2.28. The van der Waals surface area contributed by atoms with E-state index in [9.17, 15) is 14.4 Å². The van der Waals surface area contributed by atoms with E-state index in [4.69, 9.17) is 14.2 Å². The summed E-state index contributed by atoms with van der Waals surface area (Å²) in [4.78, 5) is 36.5. The molecule has 1 atom stereocenters. The molecule has 0 saturated carbocycles. The molecule has 1 aliphatic rings. The van der Waals surface area contributed by atoms with Gasteiger partial charge in [-0.05, 0) is 31.0 Å². The van der Waals surface area contributed by atoms with Gasteiger partial charge in [-0.2, -0.15) is 0 Å². The number of urea groups is 1. The minimum atomic E-state index is -0.565. The Morgan fingerprint density at radius 1 is 1.11 bits per heavy atom. The zero-order valence-electron chi connectivity index (χ0n) is 15.7. The monoisotopic (exact) mass is 376 g/mol. The summed E-state index contributed by atoms with van der Waals surface area (Å²) in [6.45, 7) is 3.86. The van der Waals surface area contributed by atoms with Crippen LogP contribution in [0.4, 0.5) is 4.79 Å². The highest BCUT2D eigenvalue weighted by Gasteiger charge is 2.32. The quantitative estimate of drug-likeness (QED) is 0.672. The fourth-order valence-corrected chi connectivity index (χ4v) is 2.75. The maximum Gasteiger partial charge on any atom is 0.338 e. The molecule has 2 amide bonds. The largest absolute Gasteiger partial charge is 0.463 e. The van der Waals surface area contributed by atoms with Gasteiger partial charge in [0.15, 0.2) is 0 Å². The van der Waals surface area contributed by atoms with Crippen molar-refractivity contribution in [2.75, 3.05) is 20.3 Å². The number of nitrogens with one attached hydrogen (secondary N) is 2. The summed E-state index contributed by atoms with van der Waals surface area (Å²) in [6, 6.07) is 5.90. The summed E-state index contributed by atoms with van der Waals surface area (Å²) >= 11 is 0. The summed E-state index contributed by atoms with van der Waals surface area (Å²) in [6.07, 6.45) is 0.498. The standard InChI is InChI=1S/C19H24N2O6/c1-4-14-16(18(23)26-5-2)15(21-19(24)20-14)11-27-17(22)13-8-6-7-12(9-13)10-25-3/h6-9,14H,4-5,10-11H2,1-3H3,(H2,20,21,24). The van der Waals surface area contributed by atoms with E-state index in [0.29, 0.717) is 18.6 Å². The summed E-state index contributed by atoms with van der Waals surface area (Å²) < 4.78 is 15.4. The zero-order valence-corrected chi connectivity index (χ0v) is 15.7. The van der Waals surface area contributed by atoms with Crippen molar-refractivity contribution in [3.05, 3.63) is 46.7 Å². The number of amides is 2. The van der Waals surface area contributed by atoms with Crippen LogP contribution in [0.15, 0.2) is 35.5 Å². The average molecular weight is 376 g/mol. The molecule has 0 saturated heterocycles. The van der Waals surface area contributed by atoms with Crippen molar-refractivity contribution in [2.45, 2.75) is 32.9 Å². The van der Waals surface area contributed by atoms with Crippen LogP contribution in [-0.4, -0.2) is 44.3 Å². The smallest absolute Gasteiger partial charge is 0.338 e. The van der Waals surface area contributed by atoms with Crippen LogP contribution in [0, 0.1) is 0 Å². The molecular weight excluding hydrogens is 352 g/mol. The van der Waals surface area contributed by atoms with E-state index in [1.54, 1.807) is 32.2 Å². The van der Waals surface area contributed by atoms with Crippen molar-refractivity contribution in [3.63, 3.8) is 0 Å². The molecule has 2 N–H and O–H groups in total. The number of ether oxygens (including phenoxy) is 3. The molecule has 0 aromatic heterocycles. The van der Waals surface area contributed by atoms with Crippen LogP contribution < -0.4 is 10.6 Å². The van der Waals surface area contributed by atoms with E-state index in [0.717, 1.165) is 5.56 Å². The second kappa shape index (κ2) is 9.72. The van der Waals surface area contributed by atoms with Gasteiger partial charge in [0, 0.05) is 7.11 Å². The van der Waals surface area contributed by atoms with Crippen LogP contribution in [-0.2, 0) is 25.6 Å². The first-order chi connectivity index (χ1) is 13.0. The van der Waals surface area contributed by atoms with Crippen molar-refractivity contribution in [3.8, 4) is 0 Å². The maximum absolute atomic E-state index is 12.3. The van der Waals surface area contributed by atoms with Crippen LogP contribution in [0.5, 0.6) is 0 Å². The van der Waals surface area contributed by atoms with Gasteiger partial charge in [0.1, 0.15) is 6.61 Å². The highest BCUT2D eigenvalue weighted by molar-refractivity contribution is 5.95. The molecule has 1 aromatic rings. The molecule has 0 fully saturated rings. The third-order valence-electron chi connectivity index (χ3n) is 3.97. The molecular formula is C19H24N2O6. The highest BCUT2D eigenvalue weighted by atomic mass is 16.5. The van der Waals surface area contributed by atoms with Crippen LogP contribution in [0.2, 0.25) is 0 Å². The second-order valence-corrected chi connectivity index (χ2v) is 5.88. The fraction of sp³-hybridized carbons (Fsp3) is 0.421. The SMILES string of the molecule is CCOC(=O)C1=C(COC(=O)c2cccc(COC)c2)NC(=O)NC1CC. The topological polar surface area (TPSA) is 103 Å². The van der Waals surface area contributed by atoms with E-state index in [2.05, 4.69) is 10.6 Å².